The van der Waals surface area contributed by atoms with E-state index in [2.05, 4.69) is 4.98 Å². The molecule has 0 fully saturated rings. The molecule has 0 spiro atoms. The molecule has 0 aliphatic carbocycles. The zero-order valence-electron chi connectivity index (χ0n) is 8.34. The molecule has 0 bridgehead atoms. The lowest BCUT2D eigenvalue weighted by molar-refractivity contribution is 0.628. The van der Waals surface area contributed by atoms with E-state index >= 15 is 0 Å². The standard InChI is InChI=1S/C12H9ClFNO/c13-7-10-4-5-11(12(16)15-10)8-2-1-3-9(14)6-8/h1-6H,7H2,(H,15,16). The number of benzene rings is 1. The first-order valence-electron chi connectivity index (χ1n) is 4.75. The van der Waals surface area contributed by atoms with E-state index in [0.717, 1.165) is 0 Å². The molecule has 0 amide bonds. The van der Waals surface area contributed by atoms with Gasteiger partial charge in [-0.2, -0.15) is 0 Å². The Morgan fingerprint density at radius 1 is 1.25 bits per heavy atom. The van der Waals surface area contributed by atoms with Gasteiger partial charge >= 0.3 is 0 Å². The Labute approximate surface area is 96.7 Å². The molecule has 82 valence electrons. The van der Waals surface area contributed by atoms with Gasteiger partial charge in [-0.05, 0) is 29.8 Å². The Bertz CT molecular complexity index is 565. The van der Waals surface area contributed by atoms with Crippen LogP contribution in [0.25, 0.3) is 11.1 Å². The minimum Gasteiger partial charge on any atom is -0.324 e. The number of aromatic nitrogens is 1. The van der Waals surface area contributed by atoms with Crippen molar-refractivity contribution in [1.29, 1.82) is 0 Å². The lowest BCUT2D eigenvalue weighted by atomic mass is 10.1. The fourth-order valence-electron chi connectivity index (χ4n) is 1.48. The number of alkyl halides is 1. The maximum Gasteiger partial charge on any atom is 0.256 e. The van der Waals surface area contributed by atoms with E-state index in [4.69, 9.17) is 11.6 Å². The summed E-state index contributed by atoms with van der Waals surface area (Å²) in [6.45, 7) is 0. The summed E-state index contributed by atoms with van der Waals surface area (Å²) >= 11 is 5.59. The van der Waals surface area contributed by atoms with Crippen LogP contribution in [0.3, 0.4) is 0 Å². The highest BCUT2D eigenvalue weighted by atomic mass is 35.5. The fourth-order valence-corrected chi connectivity index (χ4v) is 1.63. The molecule has 0 atom stereocenters. The quantitative estimate of drug-likeness (QED) is 0.801. The first-order chi connectivity index (χ1) is 7.70. The van der Waals surface area contributed by atoms with Gasteiger partial charge in [0.25, 0.3) is 5.56 Å². The van der Waals surface area contributed by atoms with Crippen LogP contribution < -0.4 is 5.56 Å². The van der Waals surface area contributed by atoms with Crippen molar-refractivity contribution in [2.75, 3.05) is 0 Å². The summed E-state index contributed by atoms with van der Waals surface area (Å²) < 4.78 is 13.0. The van der Waals surface area contributed by atoms with Crippen molar-refractivity contribution in [2.45, 2.75) is 5.88 Å². The number of hydrogen-bond donors (Lipinski definition) is 1. The number of aromatic amines is 1. The van der Waals surface area contributed by atoms with Crippen LogP contribution in [0, 0.1) is 5.82 Å². The zero-order chi connectivity index (χ0) is 11.5. The van der Waals surface area contributed by atoms with Crippen LogP contribution in [-0.4, -0.2) is 4.98 Å². The molecule has 2 nitrogen and oxygen atoms in total. The number of H-pyrrole nitrogens is 1. The van der Waals surface area contributed by atoms with Crippen molar-refractivity contribution in [3.05, 3.63) is 58.3 Å². The Morgan fingerprint density at radius 3 is 2.69 bits per heavy atom. The second kappa shape index (κ2) is 4.49. The molecule has 0 saturated heterocycles. The lowest BCUT2D eigenvalue weighted by Crippen LogP contribution is -2.10. The molecule has 1 heterocycles. The number of pyridine rings is 1. The van der Waals surface area contributed by atoms with Crippen molar-refractivity contribution in [2.24, 2.45) is 0 Å². The summed E-state index contributed by atoms with van der Waals surface area (Å²) in [7, 11) is 0. The average molecular weight is 238 g/mol. The van der Waals surface area contributed by atoms with E-state index in [1.165, 1.54) is 12.1 Å². The number of hydrogen-bond acceptors (Lipinski definition) is 1. The molecule has 1 aromatic carbocycles. The highest BCUT2D eigenvalue weighted by molar-refractivity contribution is 6.16. The second-order valence-electron chi connectivity index (χ2n) is 3.37. The minimum atomic E-state index is -0.363. The van der Waals surface area contributed by atoms with Gasteiger partial charge in [0.15, 0.2) is 0 Å². The Morgan fingerprint density at radius 2 is 2.06 bits per heavy atom. The summed E-state index contributed by atoms with van der Waals surface area (Å²) in [4.78, 5) is 14.3. The molecule has 1 N–H and O–H groups in total. The molecular weight excluding hydrogens is 229 g/mol. The maximum atomic E-state index is 13.0. The summed E-state index contributed by atoms with van der Waals surface area (Å²) in [6, 6.07) is 9.28. The number of rotatable bonds is 2. The van der Waals surface area contributed by atoms with Gasteiger partial charge in [0.1, 0.15) is 5.82 Å². The van der Waals surface area contributed by atoms with Crippen molar-refractivity contribution in [3.63, 3.8) is 0 Å². The molecule has 2 aromatic rings. The van der Waals surface area contributed by atoms with Gasteiger partial charge in [-0.15, -0.1) is 11.6 Å². The Kier molecular flexibility index (Phi) is 3.06. The van der Waals surface area contributed by atoms with E-state index in [1.54, 1.807) is 24.3 Å². The number of nitrogens with one attached hydrogen (secondary N) is 1. The van der Waals surface area contributed by atoms with Crippen LogP contribution in [0.5, 0.6) is 0 Å². The highest BCUT2D eigenvalue weighted by Crippen LogP contribution is 2.16. The van der Waals surface area contributed by atoms with Crippen LogP contribution >= 0.6 is 11.6 Å². The zero-order valence-corrected chi connectivity index (χ0v) is 9.09. The number of halogens is 2. The third-order valence-electron chi connectivity index (χ3n) is 2.25. The van der Waals surface area contributed by atoms with Gasteiger partial charge in [0.05, 0.1) is 5.88 Å². The summed E-state index contributed by atoms with van der Waals surface area (Å²) in [5.74, 6) is -0.114. The van der Waals surface area contributed by atoms with E-state index in [-0.39, 0.29) is 17.3 Å². The first kappa shape index (κ1) is 10.9. The summed E-state index contributed by atoms with van der Waals surface area (Å²) in [6.07, 6.45) is 0. The smallest absolute Gasteiger partial charge is 0.256 e. The lowest BCUT2D eigenvalue weighted by Gasteiger charge is -2.02. The van der Waals surface area contributed by atoms with Gasteiger partial charge in [-0.25, -0.2) is 4.39 Å². The van der Waals surface area contributed by atoms with Gasteiger partial charge in [-0.3, -0.25) is 4.79 Å². The first-order valence-corrected chi connectivity index (χ1v) is 5.28. The Balaban J connectivity index is 2.53. The molecule has 0 aliphatic rings. The molecule has 4 heteroatoms. The molecule has 0 radical (unpaired) electrons. The van der Waals surface area contributed by atoms with Gasteiger partial charge in [-0.1, -0.05) is 12.1 Å². The highest BCUT2D eigenvalue weighted by Gasteiger charge is 2.04. The predicted octanol–water partition coefficient (Wildman–Crippen LogP) is 2.92. The molecule has 1 aromatic heterocycles. The van der Waals surface area contributed by atoms with Crippen LogP contribution in [0.4, 0.5) is 4.39 Å². The molecule has 16 heavy (non-hydrogen) atoms. The second-order valence-corrected chi connectivity index (χ2v) is 3.64. The summed E-state index contributed by atoms with van der Waals surface area (Å²) in [5.41, 5.74) is 1.38. The molecule has 0 saturated carbocycles. The minimum absolute atomic E-state index is 0.249. The molecule has 0 unspecified atom stereocenters. The molecule has 0 aliphatic heterocycles. The van der Waals surface area contributed by atoms with Crippen LogP contribution in [0.15, 0.2) is 41.2 Å². The van der Waals surface area contributed by atoms with Crippen molar-refractivity contribution < 1.29 is 4.39 Å². The van der Waals surface area contributed by atoms with Crippen molar-refractivity contribution in [1.82, 2.24) is 4.98 Å². The van der Waals surface area contributed by atoms with Crippen LogP contribution in [0.2, 0.25) is 0 Å². The summed E-state index contributed by atoms with van der Waals surface area (Å²) in [5, 5.41) is 0. The largest absolute Gasteiger partial charge is 0.324 e. The Hall–Kier alpha value is -1.61. The third-order valence-corrected chi connectivity index (χ3v) is 2.54. The van der Waals surface area contributed by atoms with Crippen molar-refractivity contribution in [3.8, 4) is 11.1 Å². The van der Waals surface area contributed by atoms with Crippen molar-refractivity contribution >= 4 is 11.6 Å². The topological polar surface area (TPSA) is 32.9 Å². The maximum absolute atomic E-state index is 13.0. The van der Waals surface area contributed by atoms with Crippen LogP contribution in [-0.2, 0) is 5.88 Å². The van der Waals surface area contributed by atoms with E-state index in [9.17, 15) is 9.18 Å². The van der Waals surface area contributed by atoms with E-state index < -0.39 is 0 Å². The average Bonchev–Trinajstić information content (AvgIpc) is 2.28. The van der Waals surface area contributed by atoms with E-state index in [1.807, 2.05) is 0 Å². The van der Waals surface area contributed by atoms with Gasteiger partial charge in [0.2, 0.25) is 0 Å². The van der Waals surface area contributed by atoms with Crippen LogP contribution in [0.1, 0.15) is 5.69 Å². The predicted molar refractivity (Wildman–Crippen MR) is 62.0 cm³/mol. The molecule has 2 rings (SSSR count). The molecular formula is C12H9ClFNO. The SMILES string of the molecule is O=c1[nH]c(CCl)ccc1-c1cccc(F)c1. The third kappa shape index (κ3) is 2.14. The normalized spacial score (nSPS) is 10.4. The van der Waals surface area contributed by atoms with Gasteiger partial charge in [0, 0.05) is 11.3 Å². The monoisotopic (exact) mass is 237 g/mol. The van der Waals surface area contributed by atoms with Gasteiger partial charge < -0.3 is 4.98 Å². The fraction of sp³-hybridized carbons (Fsp3) is 0.0833. The van der Waals surface area contributed by atoms with E-state index in [0.29, 0.717) is 16.8 Å².